The Bertz CT molecular complexity index is 518. The van der Waals surface area contributed by atoms with Crippen LogP contribution >= 0.6 is 23.2 Å². The molecule has 1 aromatic carbocycles. The van der Waals surface area contributed by atoms with Crippen LogP contribution in [-0.4, -0.2) is 27.3 Å². The molecular weight excluding hydrogens is 295 g/mol. The van der Waals surface area contributed by atoms with E-state index < -0.39 is 10.0 Å². The van der Waals surface area contributed by atoms with E-state index in [1.807, 2.05) is 6.92 Å². The topological polar surface area (TPSA) is 58.2 Å². The van der Waals surface area contributed by atoms with Gasteiger partial charge in [-0.25, -0.2) is 8.42 Å². The van der Waals surface area contributed by atoms with Crippen LogP contribution in [0.15, 0.2) is 12.1 Å². The average molecular weight is 311 g/mol. The highest BCUT2D eigenvalue weighted by molar-refractivity contribution is 7.92. The molecule has 0 aliphatic rings. The highest BCUT2D eigenvalue weighted by atomic mass is 35.5. The maximum atomic E-state index is 11.8. The predicted molar refractivity (Wildman–Crippen MR) is 77.2 cm³/mol. The van der Waals surface area contributed by atoms with Crippen molar-refractivity contribution in [1.29, 1.82) is 0 Å². The van der Waals surface area contributed by atoms with Gasteiger partial charge in [0, 0.05) is 6.54 Å². The van der Waals surface area contributed by atoms with Gasteiger partial charge in [-0.15, -0.1) is 0 Å². The molecule has 0 fully saturated rings. The van der Waals surface area contributed by atoms with Crippen molar-refractivity contribution in [1.82, 2.24) is 5.32 Å². The van der Waals surface area contributed by atoms with E-state index in [2.05, 4.69) is 10.0 Å². The maximum absolute atomic E-state index is 11.8. The number of anilines is 1. The fourth-order valence-corrected chi connectivity index (χ4v) is 2.96. The van der Waals surface area contributed by atoms with Gasteiger partial charge in [-0.3, -0.25) is 4.72 Å². The lowest BCUT2D eigenvalue weighted by Crippen LogP contribution is -2.26. The number of rotatable bonds is 6. The Kier molecular flexibility index (Phi) is 5.72. The SMILES string of the molecule is CCNCCS(=O)(=O)Nc1c(Cl)ccc(C)c1Cl. The third-order valence-electron chi connectivity index (χ3n) is 2.34. The van der Waals surface area contributed by atoms with E-state index in [0.29, 0.717) is 11.6 Å². The molecule has 0 radical (unpaired) electrons. The molecule has 2 N–H and O–H groups in total. The fraction of sp³-hybridized carbons (Fsp3) is 0.455. The Morgan fingerprint density at radius 2 is 1.94 bits per heavy atom. The van der Waals surface area contributed by atoms with Gasteiger partial charge in [-0.2, -0.15) is 0 Å². The first kappa shape index (κ1) is 15.6. The number of benzene rings is 1. The van der Waals surface area contributed by atoms with E-state index in [4.69, 9.17) is 23.2 Å². The van der Waals surface area contributed by atoms with Crippen LogP contribution in [0, 0.1) is 6.92 Å². The fourth-order valence-electron chi connectivity index (χ4n) is 1.34. The summed E-state index contributed by atoms with van der Waals surface area (Å²) in [7, 11) is -3.45. The minimum Gasteiger partial charge on any atom is -0.316 e. The smallest absolute Gasteiger partial charge is 0.234 e. The monoisotopic (exact) mass is 310 g/mol. The van der Waals surface area contributed by atoms with Crippen molar-refractivity contribution in [3.63, 3.8) is 0 Å². The molecule has 1 rings (SSSR count). The molecule has 0 bridgehead atoms. The zero-order valence-corrected chi connectivity index (χ0v) is 12.6. The molecule has 0 heterocycles. The van der Waals surface area contributed by atoms with Crippen molar-refractivity contribution in [2.75, 3.05) is 23.6 Å². The van der Waals surface area contributed by atoms with E-state index in [1.165, 1.54) is 0 Å². The molecule has 0 aliphatic heterocycles. The first-order chi connectivity index (χ1) is 8.37. The Morgan fingerprint density at radius 1 is 1.28 bits per heavy atom. The van der Waals surface area contributed by atoms with Gasteiger partial charge in [0.15, 0.2) is 0 Å². The van der Waals surface area contributed by atoms with Crippen LogP contribution in [0.5, 0.6) is 0 Å². The van der Waals surface area contributed by atoms with Crippen LogP contribution in [0.2, 0.25) is 10.0 Å². The summed E-state index contributed by atoms with van der Waals surface area (Å²) in [6.07, 6.45) is 0. The molecular formula is C11H16Cl2N2O2S. The van der Waals surface area contributed by atoms with Crippen molar-refractivity contribution >= 4 is 38.9 Å². The first-order valence-electron chi connectivity index (χ1n) is 5.53. The molecule has 18 heavy (non-hydrogen) atoms. The van der Waals surface area contributed by atoms with Gasteiger partial charge in [0.2, 0.25) is 10.0 Å². The van der Waals surface area contributed by atoms with Gasteiger partial charge in [0.25, 0.3) is 0 Å². The molecule has 0 saturated heterocycles. The van der Waals surface area contributed by atoms with Crippen LogP contribution in [-0.2, 0) is 10.0 Å². The number of halogens is 2. The second-order valence-electron chi connectivity index (χ2n) is 3.83. The van der Waals surface area contributed by atoms with Crippen LogP contribution in [0.3, 0.4) is 0 Å². The molecule has 0 spiro atoms. The summed E-state index contributed by atoms with van der Waals surface area (Å²) in [5.41, 5.74) is 1.01. The highest BCUT2D eigenvalue weighted by Crippen LogP contribution is 2.33. The zero-order chi connectivity index (χ0) is 13.8. The first-order valence-corrected chi connectivity index (χ1v) is 7.94. The van der Waals surface area contributed by atoms with Crippen molar-refractivity contribution in [2.24, 2.45) is 0 Å². The van der Waals surface area contributed by atoms with E-state index >= 15 is 0 Å². The Labute approximate surface area is 118 Å². The summed E-state index contributed by atoms with van der Waals surface area (Å²) < 4.78 is 26.1. The second-order valence-corrected chi connectivity index (χ2v) is 6.45. The van der Waals surface area contributed by atoms with Gasteiger partial charge in [-0.05, 0) is 25.1 Å². The lowest BCUT2D eigenvalue weighted by Gasteiger charge is -2.12. The molecule has 0 aromatic heterocycles. The number of aryl methyl sites for hydroxylation is 1. The molecule has 7 heteroatoms. The Hall–Kier alpha value is -0.490. The second kappa shape index (κ2) is 6.61. The van der Waals surface area contributed by atoms with Gasteiger partial charge in [0.05, 0.1) is 21.5 Å². The van der Waals surface area contributed by atoms with E-state index in [0.717, 1.165) is 12.1 Å². The average Bonchev–Trinajstić information content (AvgIpc) is 2.30. The predicted octanol–water partition coefficient (Wildman–Crippen LogP) is 2.65. The van der Waals surface area contributed by atoms with Gasteiger partial charge < -0.3 is 5.32 Å². The third-order valence-corrected chi connectivity index (χ3v) is 4.40. The lowest BCUT2D eigenvalue weighted by atomic mass is 10.2. The number of hydrogen-bond acceptors (Lipinski definition) is 3. The van der Waals surface area contributed by atoms with Gasteiger partial charge in [0.1, 0.15) is 0 Å². The van der Waals surface area contributed by atoms with Crippen molar-refractivity contribution in [2.45, 2.75) is 13.8 Å². The van der Waals surface area contributed by atoms with Crippen LogP contribution in [0.1, 0.15) is 12.5 Å². The largest absolute Gasteiger partial charge is 0.316 e. The summed E-state index contributed by atoms with van der Waals surface area (Å²) in [6.45, 7) is 4.80. The van der Waals surface area contributed by atoms with Crippen LogP contribution < -0.4 is 10.0 Å². The number of hydrogen-bond donors (Lipinski definition) is 2. The van der Waals surface area contributed by atoms with Crippen LogP contribution in [0.4, 0.5) is 5.69 Å². The molecule has 102 valence electrons. The Balaban J connectivity index is 2.87. The number of sulfonamides is 1. The summed E-state index contributed by atoms with van der Waals surface area (Å²) >= 11 is 12.0. The summed E-state index contributed by atoms with van der Waals surface area (Å²) in [6, 6.07) is 3.35. The molecule has 0 atom stereocenters. The molecule has 0 unspecified atom stereocenters. The van der Waals surface area contributed by atoms with Crippen molar-refractivity contribution in [3.05, 3.63) is 27.7 Å². The molecule has 1 aromatic rings. The minimum atomic E-state index is -3.45. The highest BCUT2D eigenvalue weighted by Gasteiger charge is 2.15. The van der Waals surface area contributed by atoms with Crippen molar-refractivity contribution < 1.29 is 8.42 Å². The van der Waals surface area contributed by atoms with Gasteiger partial charge >= 0.3 is 0 Å². The molecule has 0 amide bonds. The molecule has 4 nitrogen and oxygen atoms in total. The Morgan fingerprint density at radius 3 is 2.56 bits per heavy atom. The van der Waals surface area contributed by atoms with Gasteiger partial charge in [-0.1, -0.05) is 36.2 Å². The maximum Gasteiger partial charge on any atom is 0.234 e. The summed E-state index contributed by atoms with van der Waals surface area (Å²) in [4.78, 5) is 0. The van der Waals surface area contributed by atoms with Crippen molar-refractivity contribution in [3.8, 4) is 0 Å². The van der Waals surface area contributed by atoms with E-state index in [1.54, 1.807) is 19.1 Å². The standard InChI is InChI=1S/C11H16Cl2N2O2S/c1-3-14-6-7-18(16,17)15-11-9(12)5-4-8(2)10(11)13/h4-5,14-15H,3,6-7H2,1-2H3. The normalized spacial score (nSPS) is 11.6. The summed E-state index contributed by atoms with van der Waals surface area (Å²) in [5, 5.41) is 3.56. The molecule has 0 saturated carbocycles. The lowest BCUT2D eigenvalue weighted by molar-refractivity contribution is 0.597. The number of nitrogens with one attached hydrogen (secondary N) is 2. The zero-order valence-electron chi connectivity index (χ0n) is 10.3. The summed E-state index contributed by atoms with van der Waals surface area (Å²) in [5.74, 6) is -0.0263. The minimum absolute atomic E-state index is 0.0263. The third kappa shape index (κ3) is 4.31. The van der Waals surface area contributed by atoms with E-state index in [-0.39, 0.29) is 16.5 Å². The molecule has 0 aliphatic carbocycles. The van der Waals surface area contributed by atoms with Crippen LogP contribution in [0.25, 0.3) is 0 Å². The van der Waals surface area contributed by atoms with E-state index in [9.17, 15) is 8.42 Å². The quantitative estimate of drug-likeness (QED) is 0.794.